The van der Waals surface area contributed by atoms with E-state index in [1.165, 1.54) is 28.4 Å². The smallest absolute Gasteiger partial charge is 0.350 e. The molecule has 0 fully saturated rings. The fourth-order valence-corrected chi connectivity index (χ4v) is 3.85. The quantitative estimate of drug-likeness (QED) is 0.601. The van der Waals surface area contributed by atoms with Crippen molar-refractivity contribution in [2.24, 2.45) is 0 Å². The van der Waals surface area contributed by atoms with Crippen LogP contribution in [0.1, 0.15) is 15.2 Å². The van der Waals surface area contributed by atoms with Gasteiger partial charge in [0.25, 0.3) is 5.91 Å². The fraction of sp³-hybridized carbons (Fsp3) is 0.158. The van der Waals surface area contributed by atoms with Gasteiger partial charge in [0, 0.05) is 23.7 Å². The van der Waals surface area contributed by atoms with Crippen LogP contribution in [0.3, 0.4) is 0 Å². The highest BCUT2D eigenvalue weighted by atomic mass is 35.5. The number of ether oxygens (including phenoxy) is 1. The first-order chi connectivity index (χ1) is 12.5. The number of carbonyl (C=O) groups excluding carboxylic acids is 2. The molecule has 4 nitrogen and oxygen atoms in total. The number of benzene rings is 2. The second kappa shape index (κ2) is 7.85. The number of carbonyl (C=O) groups is 2. The van der Waals surface area contributed by atoms with Crippen molar-refractivity contribution in [1.82, 2.24) is 4.90 Å². The Morgan fingerprint density at radius 2 is 1.96 bits per heavy atom. The number of hydrogen-bond donors (Lipinski definition) is 0. The third-order valence-electron chi connectivity index (χ3n) is 3.78. The van der Waals surface area contributed by atoms with Crippen molar-refractivity contribution in [3.05, 3.63) is 69.8 Å². The zero-order valence-electron chi connectivity index (χ0n) is 13.9. The van der Waals surface area contributed by atoms with Crippen molar-refractivity contribution in [1.29, 1.82) is 0 Å². The minimum absolute atomic E-state index is 0.220. The van der Waals surface area contributed by atoms with Gasteiger partial charge in [0.05, 0.1) is 5.02 Å². The maximum absolute atomic E-state index is 13.2. The third kappa shape index (κ3) is 4.03. The predicted molar refractivity (Wildman–Crippen MR) is 100.0 cm³/mol. The van der Waals surface area contributed by atoms with Crippen LogP contribution in [0.4, 0.5) is 4.39 Å². The topological polar surface area (TPSA) is 46.6 Å². The molecule has 0 N–H and O–H groups in total. The molecule has 0 atom stereocenters. The molecule has 3 rings (SSSR count). The van der Waals surface area contributed by atoms with Gasteiger partial charge in [-0.1, -0.05) is 41.9 Å². The standard InChI is InChI=1S/C19H15ClFNO3S/c1-22(10-12-5-4-6-13(21)9-12)16(23)11-25-19(24)18-17(20)14-7-2-3-8-15(14)26-18/h2-9H,10-11H2,1H3. The molecule has 1 aromatic heterocycles. The highest BCUT2D eigenvalue weighted by Gasteiger charge is 2.20. The minimum Gasteiger partial charge on any atom is -0.451 e. The van der Waals surface area contributed by atoms with Crippen LogP contribution in [0.5, 0.6) is 0 Å². The van der Waals surface area contributed by atoms with Crippen LogP contribution in [-0.4, -0.2) is 30.4 Å². The van der Waals surface area contributed by atoms with E-state index in [2.05, 4.69) is 0 Å². The van der Waals surface area contributed by atoms with Gasteiger partial charge in [0.15, 0.2) is 6.61 Å². The molecule has 134 valence electrons. The SMILES string of the molecule is CN(Cc1cccc(F)c1)C(=O)COC(=O)c1sc2ccccc2c1Cl. The summed E-state index contributed by atoms with van der Waals surface area (Å²) in [6, 6.07) is 13.4. The number of fused-ring (bicyclic) bond motifs is 1. The Bertz CT molecular complexity index is 972. The van der Waals surface area contributed by atoms with E-state index >= 15 is 0 Å². The highest BCUT2D eigenvalue weighted by molar-refractivity contribution is 7.21. The van der Waals surface area contributed by atoms with E-state index in [0.717, 1.165) is 10.1 Å². The van der Waals surface area contributed by atoms with E-state index < -0.39 is 12.6 Å². The van der Waals surface area contributed by atoms with Gasteiger partial charge in [-0.15, -0.1) is 11.3 Å². The van der Waals surface area contributed by atoms with Crippen LogP contribution in [0, 0.1) is 5.82 Å². The van der Waals surface area contributed by atoms with E-state index in [-0.39, 0.29) is 23.1 Å². The number of halogens is 2. The first kappa shape index (κ1) is 18.4. The van der Waals surface area contributed by atoms with Gasteiger partial charge in [-0.25, -0.2) is 9.18 Å². The van der Waals surface area contributed by atoms with E-state index in [1.54, 1.807) is 19.2 Å². The Morgan fingerprint density at radius 1 is 1.19 bits per heavy atom. The molecule has 3 aromatic rings. The molecule has 0 saturated carbocycles. The summed E-state index contributed by atoms with van der Waals surface area (Å²) in [6.07, 6.45) is 0. The summed E-state index contributed by atoms with van der Waals surface area (Å²) in [5.74, 6) is -1.39. The lowest BCUT2D eigenvalue weighted by Crippen LogP contribution is -2.30. The molecule has 0 aliphatic heterocycles. The lowest BCUT2D eigenvalue weighted by molar-refractivity contribution is -0.133. The van der Waals surface area contributed by atoms with Crippen LogP contribution in [-0.2, 0) is 16.1 Å². The maximum atomic E-state index is 13.2. The van der Waals surface area contributed by atoms with Crippen LogP contribution >= 0.6 is 22.9 Å². The summed E-state index contributed by atoms with van der Waals surface area (Å²) in [5, 5.41) is 1.11. The van der Waals surface area contributed by atoms with E-state index in [4.69, 9.17) is 16.3 Å². The number of likely N-dealkylation sites (N-methyl/N-ethyl adjacent to an activating group) is 1. The van der Waals surface area contributed by atoms with Crippen molar-refractivity contribution < 1.29 is 18.7 Å². The molecule has 26 heavy (non-hydrogen) atoms. The largest absolute Gasteiger partial charge is 0.451 e. The van der Waals surface area contributed by atoms with Crippen LogP contribution < -0.4 is 0 Å². The second-order valence-electron chi connectivity index (χ2n) is 5.70. The number of thiophene rings is 1. The number of amides is 1. The van der Waals surface area contributed by atoms with Crippen LogP contribution in [0.2, 0.25) is 5.02 Å². The van der Waals surface area contributed by atoms with Crippen molar-refractivity contribution in [3.8, 4) is 0 Å². The van der Waals surface area contributed by atoms with Crippen LogP contribution in [0.25, 0.3) is 10.1 Å². The maximum Gasteiger partial charge on any atom is 0.350 e. The number of nitrogens with zero attached hydrogens (tertiary/aromatic N) is 1. The molecular formula is C19H15ClFNO3S. The average molecular weight is 392 g/mol. The van der Waals surface area contributed by atoms with Gasteiger partial charge in [-0.2, -0.15) is 0 Å². The Balaban J connectivity index is 1.61. The second-order valence-corrected chi connectivity index (χ2v) is 7.13. The van der Waals surface area contributed by atoms with Gasteiger partial charge in [-0.3, -0.25) is 4.79 Å². The van der Waals surface area contributed by atoms with Crippen molar-refractivity contribution >= 4 is 44.9 Å². The Labute approximate surface area is 158 Å². The summed E-state index contributed by atoms with van der Waals surface area (Å²) >= 11 is 7.45. The summed E-state index contributed by atoms with van der Waals surface area (Å²) < 4.78 is 19.2. The van der Waals surface area contributed by atoms with Crippen molar-refractivity contribution in [2.75, 3.05) is 13.7 Å². The predicted octanol–water partition coefficient (Wildman–Crippen LogP) is 4.51. The molecule has 0 aliphatic rings. The summed E-state index contributed by atoms with van der Waals surface area (Å²) in [7, 11) is 1.56. The zero-order valence-corrected chi connectivity index (χ0v) is 15.4. The molecule has 1 heterocycles. The number of hydrogen-bond acceptors (Lipinski definition) is 4. The molecule has 0 spiro atoms. The van der Waals surface area contributed by atoms with Gasteiger partial charge >= 0.3 is 5.97 Å². The summed E-state index contributed by atoms with van der Waals surface area (Å²) in [4.78, 5) is 26.0. The molecule has 0 unspecified atom stereocenters. The minimum atomic E-state index is -0.635. The first-order valence-corrected chi connectivity index (χ1v) is 8.97. The highest BCUT2D eigenvalue weighted by Crippen LogP contribution is 2.35. The van der Waals surface area contributed by atoms with Crippen molar-refractivity contribution in [3.63, 3.8) is 0 Å². The third-order valence-corrected chi connectivity index (χ3v) is 5.44. The average Bonchev–Trinajstić information content (AvgIpc) is 2.96. The Hall–Kier alpha value is -2.44. The van der Waals surface area contributed by atoms with Crippen molar-refractivity contribution in [2.45, 2.75) is 6.54 Å². The molecule has 0 bridgehead atoms. The molecule has 7 heteroatoms. The van der Waals surface area contributed by atoms with E-state index in [1.807, 2.05) is 24.3 Å². The lowest BCUT2D eigenvalue weighted by atomic mass is 10.2. The monoisotopic (exact) mass is 391 g/mol. The fourth-order valence-electron chi connectivity index (χ4n) is 2.45. The lowest BCUT2D eigenvalue weighted by Gasteiger charge is -2.17. The number of rotatable bonds is 5. The Morgan fingerprint density at radius 3 is 2.69 bits per heavy atom. The zero-order chi connectivity index (χ0) is 18.7. The van der Waals surface area contributed by atoms with E-state index in [9.17, 15) is 14.0 Å². The van der Waals surface area contributed by atoms with Gasteiger partial charge in [0.1, 0.15) is 10.7 Å². The molecule has 1 amide bonds. The van der Waals surface area contributed by atoms with Crippen LogP contribution in [0.15, 0.2) is 48.5 Å². The van der Waals surface area contributed by atoms with Gasteiger partial charge in [0.2, 0.25) is 0 Å². The molecule has 0 aliphatic carbocycles. The summed E-state index contributed by atoms with van der Waals surface area (Å²) in [5.41, 5.74) is 0.653. The van der Waals surface area contributed by atoms with Gasteiger partial charge < -0.3 is 9.64 Å². The first-order valence-electron chi connectivity index (χ1n) is 7.78. The molecule has 2 aromatic carbocycles. The normalized spacial score (nSPS) is 10.7. The van der Waals surface area contributed by atoms with E-state index in [0.29, 0.717) is 10.6 Å². The Kier molecular flexibility index (Phi) is 5.54. The molecule has 0 saturated heterocycles. The number of esters is 1. The summed E-state index contributed by atoms with van der Waals surface area (Å²) in [6.45, 7) is -0.187. The molecule has 0 radical (unpaired) electrons. The van der Waals surface area contributed by atoms with Gasteiger partial charge in [-0.05, 0) is 23.8 Å². The molecular weight excluding hydrogens is 377 g/mol.